The number of nitrogens with zero attached hydrogens (tertiary/aromatic N) is 2. The molecular weight excluding hydrogens is 247 g/mol. The van der Waals surface area contributed by atoms with Gasteiger partial charge in [0.05, 0.1) is 12.2 Å². The Kier molecular flexibility index (Phi) is 3.21. The standard InChI is InChI=1S/C14H15FN2O2/c15-14-2-1-12(18)7-13(14)10-8-16-17(9-10)11-3-5-19-6-4-11/h1-2,7-9,11,18H,3-6H2. The molecule has 2 aromatic rings. The van der Waals surface area contributed by atoms with Gasteiger partial charge in [-0.1, -0.05) is 0 Å². The predicted octanol–water partition coefficient (Wildman–Crippen LogP) is 2.75. The van der Waals surface area contributed by atoms with Gasteiger partial charge in [0.25, 0.3) is 0 Å². The highest BCUT2D eigenvalue weighted by atomic mass is 19.1. The molecule has 19 heavy (non-hydrogen) atoms. The second-order valence-electron chi connectivity index (χ2n) is 4.72. The van der Waals surface area contributed by atoms with E-state index in [1.165, 1.54) is 18.2 Å². The molecule has 0 bridgehead atoms. The van der Waals surface area contributed by atoms with E-state index in [1.807, 2.05) is 10.9 Å². The maximum Gasteiger partial charge on any atom is 0.131 e. The first-order valence-electron chi connectivity index (χ1n) is 6.35. The average molecular weight is 262 g/mol. The van der Waals surface area contributed by atoms with Crippen LogP contribution in [0.4, 0.5) is 4.39 Å². The van der Waals surface area contributed by atoms with Gasteiger partial charge in [-0.25, -0.2) is 4.39 Å². The lowest BCUT2D eigenvalue weighted by molar-refractivity contribution is 0.0662. The molecule has 1 aromatic heterocycles. The number of halogens is 1. The first-order valence-corrected chi connectivity index (χ1v) is 6.35. The van der Waals surface area contributed by atoms with Crippen LogP contribution in [0.3, 0.4) is 0 Å². The third-order valence-electron chi connectivity index (χ3n) is 3.43. The van der Waals surface area contributed by atoms with Crippen LogP contribution >= 0.6 is 0 Å². The molecule has 1 N–H and O–H groups in total. The van der Waals surface area contributed by atoms with Crippen molar-refractivity contribution in [1.29, 1.82) is 0 Å². The number of hydrogen-bond acceptors (Lipinski definition) is 3. The molecule has 1 aliphatic rings. The minimum absolute atomic E-state index is 0.0511. The van der Waals surface area contributed by atoms with Gasteiger partial charge in [0.2, 0.25) is 0 Å². The van der Waals surface area contributed by atoms with Crippen LogP contribution in [0.2, 0.25) is 0 Å². The van der Waals surface area contributed by atoms with Gasteiger partial charge in [-0.3, -0.25) is 4.68 Å². The molecule has 4 nitrogen and oxygen atoms in total. The second kappa shape index (κ2) is 5.01. The Morgan fingerprint density at radius 2 is 2.11 bits per heavy atom. The van der Waals surface area contributed by atoms with Gasteiger partial charge in [0.15, 0.2) is 0 Å². The molecule has 1 aromatic carbocycles. The Bertz CT molecular complexity index is 577. The topological polar surface area (TPSA) is 47.3 Å². The first-order chi connectivity index (χ1) is 9.24. The van der Waals surface area contributed by atoms with E-state index in [9.17, 15) is 9.50 Å². The fraction of sp³-hybridized carbons (Fsp3) is 0.357. The number of rotatable bonds is 2. The fourth-order valence-electron chi connectivity index (χ4n) is 2.36. The highest BCUT2D eigenvalue weighted by Crippen LogP contribution is 2.28. The summed E-state index contributed by atoms with van der Waals surface area (Å²) >= 11 is 0. The molecule has 0 radical (unpaired) electrons. The average Bonchev–Trinajstić information content (AvgIpc) is 2.92. The summed E-state index contributed by atoms with van der Waals surface area (Å²) < 4.78 is 20.9. The normalized spacial score (nSPS) is 16.7. The van der Waals surface area contributed by atoms with Crippen LogP contribution in [0.15, 0.2) is 30.6 Å². The highest BCUT2D eigenvalue weighted by molar-refractivity contribution is 5.64. The smallest absolute Gasteiger partial charge is 0.131 e. The van der Waals surface area contributed by atoms with Crippen molar-refractivity contribution in [3.8, 4) is 16.9 Å². The molecule has 0 aliphatic carbocycles. The van der Waals surface area contributed by atoms with E-state index < -0.39 is 0 Å². The van der Waals surface area contributed by atoms with E-state index in [1.54, 1.807) is 6.20 Å². The second-order valence-corrected chi connectivity index (χ2v) is 4.72. The van der Waals surface area contributed by atoms with Gasteiger partial charge >= 0.3 is 0 Å². The minimum atomic E-state index is -0.357. The number of aromatic hydroxyl groups is 1. The molecule has 2 heterocycles. The van der Waals surface area contributed by atoms with Gasteiger partial charge in [-0.05, 0) is 31.0 Å². The third-order valence-corrected chi connectivity index (χ3v) is 3.43. The monoisotopic (exact) mass is 262 g/mol. The molecule has 1 aliphatic heterocycles. The zero-order valence-electron chi connectivity index (χ0n) is 10.4. The van der Waals surface area contributed by atoms with Crippen molar-refractivity contribution in [3.63, 3.8) is 0 Å². The molecule has 1 fully saturated rings. The van der Waals surface area contributed by atoms with Gasteiger partial charge < -0.3 is 9.84 Å². The molecule has 0 saturated carbocycles. The number of ether oxygens (including phenoxy) is 1. The molecule has 5 heteroatoms. The van der Waals surface area contributed by atoms with Crippen molar-refractivity contribution in [1.82, 2.24) is 9.78 Å². The van der Waals surface area contributed by atoms with Crippen molar-refractivity contribution in [2.75, 3.05) is 13.2 Å². The largest absolute Gasteiger partial charge is 0.508 e. The predicted molar refractivity (Wildman–Crippen MR) is 68.4 cm³/mol. The Labute approximate surface area is 110 Å². The summed E-state index contributed by atoms with van der Waals surface area (Å²) in [6.07, 6.45) is 5.30. The Hall–Kier alpha value is -1.88. The van der Waals surface area contributed by atoms with Gasteiger partial charge in [0, 0.05) is 30.5 Å². The maximum absolute atomic E-state index is 13.7. The number of aromatic nitrogens is 2. The number of phenolic OH excluding ortho intramolecular Hbond substituents is 1. The van der Waals surface area contributed by atoms with Crippen LogP contribution in [0.25, 0.3) is 11.1 Å². The SMILES string of the molecule is Oc1ccc(F)c(-c2cnn(C3CCOCC3)c2)c1. The summed E-state index contributed by atoms with van der Waals surface area (Å²) in [5.74, 6) is -0.306. The third kappa shape index (κ3) is 2.46. The Balaban J connectivity index is 1.89. The van der Waals surface area contributed by atoms with E-state index in [4.69, 9.17) is 4.74 Å². The lowest BCUT2D eigenvalue weighted by atomic mass is 10.1. The van der Waals surface area contributed by atoms with Crippen LogP contribution in [0.1, 0.15) is 18.9 Å². The van der Waals surface area contributed by atoms with Crippen molar-refractivity contribution < 1.29 is 14.2 Å². The van der Waals surface area contributed by atoms with Crippen LogP contribution < -0.4 is 0 Å². The molecule has 0 amide bonds. The van der Waals surface area contributed by atoms with Crippen molar-refractivity contribution in [2.45, 2.75) is 18.9 Å². The summed E-state index contributed by atoms with van der Waals surface area (Å²) in [4.78, 5) is 0. The molecule has 1 saturated heterocycles. The van der Waals surface area contributed by atoms with E-state index >= 15 is 0 Å². The maximum atomic E-state index is 13.7. The quantitative estimate of drug-likeness (QED) is 0.905. The lowest BCUT2D eigenvalue weighted by Crippen LogP contribution is -2.19. The summed E-state index contributed by atoms with van der Waals surface area (Å²) in [5.41, 5.74) is 1.05. The zero-order chi connectivity index (χ0) is 13.2. The summed E-state index contributed by atoms with van der Waals surface area (Å²) in [6.45, 7) is 1.47. The summed E-state index contributed by atoms with van der Waals surface area (Å²) in [5, 5.41) is 13.7. The van der Waals surface area contributed by atoms with E-state index in [0.717, 1.165) is 26.1 Å². The van der Waals surface area contributed by atoms with Gasteiger partial charge in [0.1, 0.15) is 11.6 Å². The Morgan fingerprint density at radius 3 is 2.89 bits per heavy atom. The molecular formula is C14H15FN2O2. The van der Waals surface area contributed by atoms with Crippen molar-refractivity contribution >= 4 is 0 Å². The van der Waals surface area contributed by atoms with E-state index in [0.29, 0.717) is 17.2 Å². The minimum Gasteiger partial charge on any atom is -0.508 e. The van der Waals surface area contributed by atoms with Crippen LogP contribution in [0.5, 0.6) is 5.75 Å². The summed E-state index contributed by atoms with van der Waals surface area (Å²) in [6, 6.07) is 4.32. The van der Waals surface area contributed by atoms with Gasteiger partial charge in [-0.15, -0.1) is 0 Å². The molecule has 0 spiro atoms. The lowest BCUT2D eigenvalue weighted by Gasteiger charge is -2.22. The van der Waals surface area contributed by atoms with Crippen LogP contribution in [-0.4, -0.2) is 28.1 Å². The molecule has 100 valence electrons. The Morgan fingerprint density at radius 1 is 1.32 bits per heavy atom. The zero-order valence-corrected chi connectivity index (χ0v) is 10.4. The molecule has 0 atom stereocenters. The van der Waals surface area contributed by atoms with Gasteiger partial charge in [-0.2, -0.15) is 5.10 Å². The van der Waals surface area contributed by atoms with Crippen LogP contribution in [0, 0.1) is 5.82 Å². The fourth-order valence-corrected chi connectivity index (χ4v) is 2.36. The summed E-state index contributed by atoms with van der Waals surface area (Å²) in [7, 11) is 0. The highest BCUT2D eigenvalue weighted by Gasteiger charge is 2.17. The first kappa shape index (κ1) is 12.2. The van der Waals surface area contributed by atoms with Crippen LogP contribution in [-0.2, 0) is 4.74 Å². The van der Waals surface area contributed by atoms with Crippen molar-refractivity contribution in [2.24, 2.45) is 0 Å². The van der Waals surface area contributed by atoms with E-state index in [-0.39, 0.29) is 11.6 Å². The number of benzene rings is 1. The van der Waals surface area contributed by atoms with E-state index in [2.05, 4.69) is 5.10 Å². The number of phenols is 1. The van der Waals surface area contributed by atoms with Crippen molar-refractivity contribution in [3.05, 3.63) is 36.4 Å². The molecule has 0 unspecified atom stereocenters. The molecule has 3 rings (SSSR count). The number of hydrogen-bond donors (Lipinski definition) is 1.